The van der Waals surface area contributed by atoms with Gasteiger partial charge in [0.15, 0.2) is 11.5 Å². The number of hydrogen-bond acceptors (Lipinski definition) is 4. The van der Waals surface area contributed by atoms with E-state index in [1.165, 1.54) is 0 Å². The third kappa shape index (κ3) is 3.16. The van der Waals surface area contributed by atoms with Crippen LogP contribution in [0.4, 0.5) is 0 Å². The van der Waals surface area contributed by atoms with Crippen molar-refractivity contribution in [3.05, 3.63) is 42.5 Å². The van der Waals surface area contributed by atoms with Crippen LogP contribution in [0, 0.1) is 0 Å². The second-order valence-corrected chi connectivity index (χ2v) is 7.25. The summed E-state index contributed by atoms with van der Waals surface area (Å²) in [6.07, 6.45) is 5.22. The highest BCUT2D eigenvalue weighted by molar-refractivity contribution is 5.82. The van der Waals surface area contributed by atoms with Gasteiger partial charge in [0.05, 0.1) is 0 Å². The highest BCUT2D eigenvalue weighted by Gasteiger charge is 2.34. The van der Waals surface area contributed by atoms with E-state index in [0.29, 0.717) is 23.5 Å². The summed E-state index contributed by atoms with van der Waals surface area (Å²) in [5.74, 6) is 2.91. The molecule has 0 aliphatic carbocycles. The van der Waals surface area contributed by atoms with Gasteiger partial charge in [0.25, 0.3) is 5.91 Å². The van der Waals surface area contributed by atoms with E-state index >= 15 is 0 Å². The van der Waals surface area contributed by atoms with Gasteiger partial charge in [-0.15, -0.1) is 0 Å². The smallest absolute Gasteiger partial charge is 0.267 e. The Morgan fingerprint density at radius 1 is 1.19 bits per heavy atom. The van der Waals surface area contributed by atoms with Gasteiger partial charge in [0.2, 0.25) is 6.10 Å². The molecule has 0 bridgehead atoms. The number of imidazole rings is 1. The van der Waals surface area contributed by atoms with Gasteiger partial charge in [-0.1, -0.05) is 12.1 Å². The first kappa shape index (κ1) is 16.9. The fraction of sp³-hybridized carbons (Fsp3) is 0.500. The van der Waals surface area contributed by atoms with Crippen molar-refractivity contribution in [2.45, 2.75) is 44.8 Å². The van der Waals surface area contributed by atoms with Gasteiger partial charge in [-0.2, -0.15) is 0 Å². The summed E-state index contributed by atoms with van der Waals surface area (Å²) in [6.45, 7) is 6.07. The Morgan fingerprint density at radius 3 is 2.65 bits per heavy atom. The average molecular weight is 355 g/mol. The van der Waals surface area contributed by atoms with Crippen molar-refractivity contribution >= 4 is 5.91 Å². The molecule has 1 fully saturated rings. The van der Waals surface area contributed by atoms with Gasteiger partial charge >= 0.3 is 0 Å². The van der Waals surface area contributed by atoms with Crippen molar-refractivity contribution in [1.82, 2.24) is 14.5 Å². The molecule has 2 aliphatic heterocycles. The van der Waals surface area contributed by atoms with Gasteiger partial charge in [-0.05, 0) is 38.8 Å². The standard InChI is InChI=1S/C20H25N3O3/c1-14(2)23-12-9-21-19(23)15-7-10-22(11-8-15)20(24)18-13-25-16-5-3-4-6-17(16)26-18/h3-6,9,12,14-15,18H,7-8,10-11,13H2,1-2H3/t18-/m1/s1. The van der Waals surface area contributed by atoms with E-state index in [4.69, 9.17) is 9.47 Å². The summed E-state index contributed by atoms with van der Waals surface area (Å²) in [5.41, 5.74) is 0. The Labute approximate surface area is 153 Å². The van der Waals surface area contributed by atoms with Crippen LogP contribution in [0.25, 0.3) is 0 Å². The van der Waals surface area contributed by atoms with Crippen molar-refractivity contribution in [3.63, 3.8) is 0 Å². The minimum Gasteiger partial charge on any atom is -0.485 e. The largest absolute Gasteiger partial charge is 0.485 e. The number of aromatic nitrogens is 2. The van der Waals surface area contributed by atoms with Crippen LogP contribution in [0.5, 0.6) is 11.5 Å². The molecule has 1 atom stereocenters. The van der Waals surface area contributed by atoms with Crippen molar-refractivity contribution in [2.75, 3.05) is 19.7 Å². The highest BCUT2D eigenvalue weighted by Crippen LogP contribution is 2.33. The van der Waals surface area contributed by atoms with Crippen molar-refractivity contribution in [3.8, 4) is 11.5 Å². The number of carbonyl (C=O) groups is 1. The van der Waals surface area contributed by atoms with E-state index in [2.05, 4.69) is 23.4 Å². The molecule has 0 N–H and O–H groups in total. The summed E-state index contributed by atoms with van der Waals surface area (Å²) in [4.78, 5) is 19.3. The first-order valence-corrected chi connectivity index (χ1v) is 9.33. The lowest BCUT2D eigenvalue weighted by molar-refractivity contribution is -0.142. The highest BCUT2D eigenvalue weighted by atomic mass is 16.6. The first-order valence-electron chi connectivity index (χ1n) is 9.33. The number of rotatable bonds is 3. The van der Waals surface area contributed by atoms with E-state index in [0.717, 1.165) is 31.8 Å². The van der Waals surface area contributed by atoms with Crippen LogP contribution in [0.2, 0.25) is 0 Å². The summed E-state index contributed by atoms with van der Waals surface area (Å²) in [6, 6.07) is 7.89. The lowest BCUT2D eigenvalue weighted by Crippen LogP contribution is -2.49. The summed E-state index contributed by atoms with van der Waals surface area (Å²) in [5, 5.41) is 0. The minimum atomic E-state index is -0.556. The monoisotopic (exact) mass is 355 g/mol. The first-order chi connectivity index (χ1) is 12.6. The molecule has 2 aliphatic rings. The number of likely N-dealkylation sites (tertiary alicyclic amines) is 1. The molecule has 3 heterocycles. The zero-order valence-electron chi connectivity index (χ0n) is 15.3. The van der Waals surface area contributed by atoms with Gasteiger partial charge < -0.3 is 18.9 Å². The van der Waals surface area contributed by atoms with Crippen LogP contribution in [-0.2, 0) is 4.79 Å². The molecule has 1 amide bonds. The maximum Gasteiger partial charge on any atom is 0.267 e. The number of hydrogen-bond donors (Lipinski definition) is 0. The zero-order chi connectivity index (χ0) is 18.1. The molecule has 0 unspecified atom stereocenters. The SMILES string of the molecule is CC(C)n1ccnc1C1CCN(C(=O)[C@H]2COc3ccccc3O2)CC1. The maximum absolute atomic E-state index is 12.8. The third-order valence-electron chi connectivity index (χ3n) is 5.21. The van der Waals surface area contributed by atoms with E-state index < -0.39 is 6.10 Å². The Kier molecular flexibility index (Phi) is 4.57. The number of carbonyl (C=O) groups excluding carboxylic acids is 1. The Morgan fingerprint density at radius 2 is 1.92 bits per heavy atom. The number of piperidine rings is 1. The van der Waals surface area contributed by atoms with E-state index in [1.54, 1.807) is 0 Å². The van der Waals surface area contributed by atoms with Crippen LogP contribution in [0.3, 0.4) is 0 Å². The topological polar surface area (TPSA) is 56.6 Å². The molecule has 138 valence electrons. The van der Waals surface area contributed by atoms with Crippen LogP contribution >= 0.6 is 0 Å². The maximum atomic E-state index is 12.8. The normalized spacial score (nSPS) is 20.4. The molecule has 4 rings (SSSR count). The lowest BCUT2D eigenvalue weighted by atomic mass is 9.95. The van der Waals surface area contributed by atoms with Crippen LogP contribution in [0.1, 0.15) is 44.5 Å². The third-order valence-corrected chi connectivity index (χ3v) is 5.21. The molecule has 2 aromatic rings. The number of fused-ring (bicyclic) bond motifs is 1. The van der Waals surface area contributed by atoms with Crippen LogP contribution in [-0.4, -0.2) is 46.2 Å². The van der Waals surface area contributed by atoms with E-state index in [9.17, 15) is 4.79 Å². The number of benzene rings is 1. The molecule has 0 radical (unpaired) electrons. The quantitative estimate of drug-likeness (QED) is 0.849. The van der Waals surface area contributed by atoms with Crippen molar-refractivity contribution in [1.29, 1.82) is 0 Å². The zero-order valence-corrected chi connectivity index (χ0v) is 15.3. The summed E-state index contributed by atoms with van der Waals surface area (Å²) < 4.78 is 13.8. The average Bonchev–Trinajstić information content (AvgIpc) is 3.17. The molecule has 1 aromatic carbocycles. The van der Waals surface area contributed by atoms with E-state index in [-0.39, 0.29) is 12.5 Å². The molecular weight excluding hydrogens is 330 g/mol. The Balaban J connectivity index is 1.38. The minimum absolute atomic E-state index is 0.0187. The molecule has 0 spiro atoms. The molecule has 6 heteroatoms. The molecule has 6 nitrogen and oxygen atoms in total. The van der Waals surface area contributed by atoms with Crippen LogP contribution in [0.15, 0.2) is 36.7 Å². The van der Waals surface area contributed by atoms with Gasteiger partial charge in [0, 0.05) is 37.4 Å². The fourth-order valence-electron chi connectivity index (χ4n) is 3.78. The fourth-order valence-corrected chi connectivity index (χ4v) is 3.78. The molecule has 26 heavy (non-hydrogen) atoms. The Bertz CT molecular complexity index is 778. The Hall–Kier alpha value is -2.50. The van der Waals surface area contributed by atoms with Crippen molar-refractivity contribution < 1.29 is 14.3 Å². The molecule has 1 saturated heterocycles. The summed E-state index contributed by atoms with van der Waals surface area (Å²) in [7, 11) is 0. The van der Waals surface area contributed by atoms with E-state index in [1.807, 2.05) is 41.6 Å². The number of nitrogens with zero attached hydrogens (tertiary/aromatic N) is 3. The predicted molar refractivity (Wildman–Crippen MR) is 97.5 cm³/mol. The molecular formula is C20H25N3O3. The lowest BCUT2D eigenvalue weighted by Gasteiger charge is -2.35. The number of para-hydroxylation sites is 2. The van der Waals surface area contributed by atoms with Gasteiger partial charge in [-0.3, -0.25) is 4.79 Å². The predicted octanol–water partition coefficient (Wildman–Crippen LogP) is 3.01. The number of ether oxygens (including phenoxy) is 2. The van der Waals surface area contributed by atoms with Gasteiger partial charge in [-0.25, -0.2) is 4.98 Å². The second kappa shape index (κ2) is 7.02. The molecule has 1 aromatic heterocycles. The summed E-state index contributed by atoms with van der Waals surface area (Å²) >= 11 is 0. The second-order valence-electron chi connectivity index (χ2n) is 7.25. The van der Waals surface area contributed by atoms with Crippen molar-refractivity contribution in [2.24, 2.45) is 0 Å². The molecule has 0 saturated carbocycles. The van der Waals surface area contributed by atoms with Gasteiger partial charge in [0.1, 0.15) is 12.4 Å². The number of amides is 1. The van der Waals surface area contributed by atoms with Crippen LogP contribution < -0.4 is 9.47 Å².